The van der Waals surface area contributed by atoms with E-state index in [0.29, 0.717) is 16.5 Å². The van der Waals surface area contributed by atoms with Gasteiger partial charge in [0.1, 0.15) is 11.5 Å². The van der Waals surface area contributed by atoms with Crippen LogP contribution >= 0.6 is 11.8 Å². The molecule has 0 aliphatic carbocycles. The molecular formula is C15H18F2N2OS. The summed E-state index contributed by atoms with van der Waals surface area (Å²) in [5.74, 6) is -1.08. The SMILES string of the molecule is C[C@H](N=C1NC(=O)C(C(C)(C)F)CS1)c1ccccc1F. The second-order valence-corrected chi connectivity index (χ2v) is 6.56. The molecule has 0 bridgehead atoms. The standard InChI is InChI=1S/C15H18F2N2OS/c1-9(10-6-4-5-7-12(10)16)18-14-19-13(20)11(8-21-14)15(2,3)17/h4-7,9,11H,8H2,1-3H3,(H,18,19,20)/t9-,11?/m0/s1. The lowest BCUT2D eigenvalue weighted by molar-refractivity contribution is -0.126. The predicted molar refractivity (Wildman–Crippen MR) is 81.5 cm³/mol. The van der Waals surface area contributed by atoms with Gasteiger partial charge in [0.05, 0.1) is 12.0 Å². The molecule has 1 unspecified atom stereocenters. The van der Waals surface area contributed by atoms with Gasteiger partial charge in [0.15, 0.2) is 5.17 Å². The zero-order chi connectivity index (χ0) is 15.6. The van der Waals surface area contributed by atoms with Gasteiger partial charge in [-0.15, -0.1) is 0 Å². The van der Waals surface area contributed by atoms with Crippen LogP contribution in [0.3, 0.4) is 0 Å². The van der Waals surface area contributed by atoms with Crippen molar-refractivity contribution >= 4 is 22.8 Å². The molecule has 0 aromatic heterocycles. The number of aliphatic imine (C=N–C) groups is 1. The number of carbonyl (C=O) groups excluding carboxylic acids is 1. The molecule has 1 aliphatic rings. The number of halogens is 2. The summed E-state index contributed by atoms with van der Waals surface area (Å²) in [6.45, 7) is 4.53. The van der Waals surface area contributed by atoms with Crippen LogP contribution < -0.4 is 5.32 Å². The molecule has 1 fully saturated rings. The molecule has 1 N–H and O–H groups in total. The van der Waals surface area contributed by atoms with Crippen LogP contribution in [0.4, 0.5) is 8.78 Å². The Kier molecular flexibility index (Phi) is 4.66. The molecule has 0 saturated carbocycles. The van der Waals surface area contributed by atoms with Gasteiger partial charge >= 0.3 is 0 Å². The Morgan fingerprint density at radius 2 is 2.10 bits per heavy atom. The summed E-state index contributed by atoms with van der Waals surface area (Å²) in [6.07, 6.45) is 0. The summed E-state index contributed by atoms with van der Waals surface area (Å²) in [4.78, 5) is 16.2. The van der Waals surface area contributed by atoms with Crippen LogP contribution in [0.1, 0.15) is 32.4 Å². The Morgan fingerprint density at radius 3 is 2.67 bits per heavy atom. The third-order valence-electron chi connectivity index (χ3n) is 3.43. The molecule has 1 amide bonds. The highest BCUT2D eigenvalue weighted by Crippen LogP contribution is 2.30. The van der Waals surface area contributed by atoms with Crippen LogP contribution in [0.25, 0.3) is 0 Å². The highest BCUT2D eigenvalue weighted by molar-refractivity contribution is 8.14. The van der Waals surface area contributed by atoms with Gasteiger partial charge in [0.2, 0.25) is 5.91 Å². The van der Waals surface area contributed by atoms with Gasteiger partial charge in [0.25, 0.3) is 0 Å². The topological polar surface area (TPSA) is 41.5 Å². The van der Waals surface area contributed by atoms with Gasteiger partial charge in [-0.25, -0.2) is 8.78 Å². The van der Waals surface area contributed by atoms with Crippen LogP contribution in [0.5, 0.6) is 0 Å². The number of thioether (sulfide) groups is 1. The monoisotopic (exact) mass is 312 g/mol. The molecule has 1 aromatic rings. The molecule has 6 heteroatoms. The first kappa shape index (κ1) is 15.9. The molecular weight excluding hydrogens is 294 g/mol. The molecule has 1 aromatic carbocycles. The number of amides is 1. The van der Waals surface area contributed by atoms with Gasteiger partial charge in [-0.1, -0.05) is 30.0 Å². The van der Waals surface area contributed by atoms with E-state index in [1.165, 1.54) is 31.7 Å². The first-order valence-electron chi connectivity index (χ1n) is 6.74. The average Bonchev–Trinajstić information content (AvgIpc) is 2.37. The zero-order valence-corrected chi connectivity index (χ0v) is 13.0. The fourth-order valence-corrected chi connectivity index (χ4v) is 3.38. The molecule has 2 rings (SSSR count). The van der Waals surface area contributed by atoms with Crippen LogP contribution in [0.15, 0.2) is 29.3 Å². The van der Waals surface area contributed by atoms with Crippen LogP contribution in [0, 0.1) is 11.7 Å². The summed E-state index contributed by atoms with van der Waals surface area (Å²) >= 11 is 1.29. The van der Waals surface area contributed by atoms with E-state index in [1.807, 2.05) is 0 Å². The summed E-state index contributed by atoms with van der Waals surface area (Å²) in [7, 11) is 0. The number of rotatable bonds is 3. The fraction of sp³-hybridized carbons (Fsp3) is 0.467. The Bertz CT molecular complexity index is 569. The normalized spacial score (nSPS) is 23.0. The summed E-state index contributed by atoms with van der Waals surface area (Å²) in [5.41, 5.74) is -1.10. The number of carbonyl (C=O) groups is 1. The summed E-state index contributed by atoms with van der Waals surface area (Å²) in [5, 5.41) is 3.02. The van der Waals surface area contributed by atoms with Crippen molar-refractivity contribution < 1.29 is 13.6 Å². The number of benzene rings is 1. The van der Waals surface area contributed by atoms with Gasteiger partial charge in [-0.2, -0.15) is 0 Å². The van der Waals surface area contributed by atoms with Crippen molar-refractivity contribution in [3.8, 4) is 0 Å². The van der Waals surface area contributed by atoms with Gasteiger partial charge in [0, 0.05) is 11.3 Å². The minimum absolute atomic E-state index is 0.329. The van der Waals surface area contributed by atoms with Crippen molar-refractivity contribution in [3.63, 3.8) is 0 Å². The van der Waals surface area contributed by atoms with Crippen LogP contribution in [0.2, 0.25) is 0 Å². The van der Waals surface area contributed by atoms with E-state index in [0.717, 1.165) is 0 Å². The number of amidine groups is 1. The quantitative estimate of drug-likeness (QED) is 0.928. The zero-order valence-electron chi connectivity index (χ0n) is 12.2. The minimum Gasteiger partial charge on any atom is -0.305 e. The molecule has 21 heavy (non-hydrogen) atoms. The average molecular weight is 312 g/mol. The minimum atomic E-state index is -1.57. The third-order valence-corrected chi connectivity index (χ3v) is 4.41. The van der Waals surface area contributed by atoms with Crippen LogP contribution in [-0.2, 0) is 4.79 Å². The molecule has 0 radical (unpaired) electrons. The second kappa shape index (κ2) is 6.13. The number of hydrogen-bond donors (Lipinski definition) is 1. The van der Waals surface area contributed by atoms with Gasteiger partial charge in [-0.05, 0) is 26.8 Å². The highest BCUT2D eigenvalue weighted by atomic mass is 32.2. The Balaban J connectivity index is 2.11. The maximum atomic E-state index is 13.9. The maximum absolute atomic E-state index is 13.9. The number of nitrogens with zero attached hydrogens (tertiary/aromatic N) is 1. The Labute approximate surface area is 127 Å². The second-order valence-electron chi connectivity index (χ2n) is 5.55. The molecule has 1 saturated heterocycles. The Morgan fingerprint density at radius 1 is 1.43 bits per heavy atom. The van der Waals surface area contributed by atoms with Crippen molar-refractivity contribution in [2.75, 3.05) is 5.75 Å². The molecule has 3 nitrogen and oxygen atoms in total. The van der Waals surface area contributed by atoms with Crippen molar-refractivity contribution in [1.82, 2.24) is 5.32 Å². The smallest absolute Gasteiger partial charge is 0.233 e. The van der Waals surface area contributed by atoms with E-state index >= 15 is 0 Å². The van der Waals surface area contributed by atoms with E-state index in [9.17, 15) is 13.6 Å². The summed E-state index contributed by atoms with van der Waals surface area (Å²) in [6, 6.07) is 5.98. The molecule has 0 spiro atoms. The van der Waals surface area contributed by atoms with E-state index in [1.54, 1.807) is 25.1 Å². The first-order valence-corrected chi connectivity index (χ1v) is 7.72. The van der Waals surface area contributed by atoms with Gasteiger partial charge in [-0.3, -0.25) is 9.79 Å². The van der Waals surface area contributed by atoms with E-state index in [-0.39, 0.29) is 11.7 Å². The maximum Gasteiger partial charge on any atom is 0.233 e. The number of hydrogen-bond acceptors (Lipinski definition) is 3. The predicted octanol–water partition coefficient (Wildman–Crippen LogP) is 3.47. The first-order chi connectivity index (χ1) is 9.79. The fourth-order valence-electron chi connectivity index (χ4n) is 2.11. The van der Waals surface area contributed by atoms with E-state index in [4.69, 9.17) is 0 Å². The highest BCUT2D eigenvalue weighted by Gasteiger charge is 2.38. The number of alkyl halides is 1. The lowest BCUT2D eigenvalue weighted by Gasteiger charge is -2.30. The largest absolute Gasteiger partial charge is 0.305 e. The number of nitrogens with one attached hydrogen (secondary N) is 1. The lowest BCUT2D eigenvalue weighted by Crippen LogP contribution is -2.48. The summed E-state index contributed by atoms with van der Waals surface area (Å²) < 4.78 is 27.5. The molecule has 2 atom stereocenters. The van der Waals surface area contributed by atoms with E-state index in [2.05, 4.69) is 10.3 Å². The third kappa shape index (κ3) is 3.81. The Hall–Kier alpha value is -1.43. The van der Waals surface area contributed by atoms with E-state index < -0.39 is 17.6 Å². The van der Waals surface area contributed by atoms with Crippen molar-refractivity contribution in [2.24, 2.45) is 10.9 Å². The van der Waals surface area contributed by atoms with Crippen molar-refractivity contribution in [2.45, 2.75) is 32.5 Å². The van der Waals surface area contributed by atoms with Crippen LogP contribution in [-0.4, -0.2) is 22.5 Å². The molecule has 1 heterocycles. The van der Waals surface area contributed by atoms with Crippen molar-refractivity contribution in [1.29, 1.82) is 0 Å². The van der Waals surface area contributed by atoms with Crippen molar-refractivity contribution in [3.05, 3.63) is 35.6 Å². The van der Waals surface area contributed by atoms with Gasteiger partial charge < -0.3 is 5.32 Å². The lowest BCUT2D eigenvalue weighted by atomic mass is 9.94. The molecule has 1 aliphatic heterocycles. The molecule has 114 valence electrons.